The van der Waals surface area contributed by atoms with Gasteiger partial charge in [-0.2, -0.15) is 0 Å². The number of rotatable bonds is 7. The third kappa shape index (κ3) is 3.68. The summed E-state index contributed by atoms with van der Waals surface area (Å²) in [7, 11) is 0. The lowest BCUT2D eigenvalue weighted by Crippen LogP contribution is -2.33. The zero-order valence-corrected chi connectivity index (χ0v) is 12.1. The normalized spacial score (nSPS) is 10.9. The molecule has 0 unspecified atom stereocenters. The Kier molecular flexibility index (Phi) is 5.92. The minimum absolute atomic E-state index is 0.0106. The molecule has 0 heterocycles. The highest BCUT2D eigenvalue weighted by Gasteiger charge is 2.22. The van der Waals surface area contributed by atoms with Gasteiger partial charge >= 0.3 is 5.97 Å². The van der Waals surface area contributed by atoms with Gasteiger partial charge in [0.2, 0.25) is 0 Å². The Morgan fingerprint density at radius 2 is 1.90 bits per heavy atom. The molecule has 1 rings (SSSR count). The van der Waals surface area contributed by atoms with E-state index in [2.05, 4.69) is 6.92 Å². The zero-order valence-electron chi connectivity index (χ0n) is 12.1. The van der Waals surface area contributed by atoms with Crippen molar-refractivity contribution in [3.63, 3.8) is 0 Å². The maximum atomic E-state index is 14.1. The van der Waals surface area contributed by atoms with E-state index in [1.807, 2.05) is 13.8 Å². The summed E-state index contributed by atoms with van der Waals surface area (Å²) >= 11 is 0. The van der Waals surface area contributed by atoms with Crippen LogP contribution in [0.2, 0.25) is 0 Å². The number of aromatic carboxylic acids is 1. The van der Waals surface area contributed by atoms with E-state index in [-0.39, 0.29) is 11.7 Å². The first kappa shape index (κ1) is 16.4. The first-order valence-corrected chi connectivity index (χ1v) is 6.88. The third-order valence-electron chi connectivity index (χ3n) is 3.23. The molecule has 0 amide bonds. The molecule has 20 heavy (non-hydrogen) atoms. The van der Waals surface area contributed by atoms with Gasteiger partial charge in [-0.15, -0.1) is 0 Å². The van der Waals surface area contributed by atoms with Crippen LogP contribution >= 0.6 is 0 Å². The number of carbonyl (C=O) groups is 1. The van der Waals surface area contributed by atoms with Crippen LogP contribution < -0.4 is 4.90 Å². The molecule has 0 aliphatic rings. The molecule has 1 aromatic carbocycles. The Morgan fingerprint density at radius 1 is 1.25 bits per heavy atom. The maximum absolute atomic E-state index is 14.1. The van der Waals surface area contributed by atoms with E-state index in [1.165, 1.54) is 6.07 Å². The molecule has 0 aromatic heterocycles. The van der Waals surface area contributed by atoms with E-state index < -0.39 is 23.2 Å². The monoisotopic (exact) mass is 285 g/mol. The Balaban J connectivity index is 3.08. The van der Waals surface area contributed by atoms with Crippen molar-refractivity contribution < 1.29 is 18.7 Å². The number of hydrogen-bond acceptors (Lipinski definition) is 2. The molecular formula is C15H21F2NO2. The summed E-state index contributed by atoms with van der Waals surface area (Å²) in [5.74, 6) is -3.85. The summed E-state index contributed by atoms with van der Waals surface area (Å²) in [6.45, 7) is 6.48. The van der Waals surface area contributed by atoms with E-state index in [1.54, 1.807) is 4.90 Å². The van der Waals surface area contributed by atoms with E-state index in [0.717, 1.165) is 25.3 Å². The second-order valence-corrected chi connectivity index (χ2v) is 5.06. The molecule has 1 aromatic rings. The summed E-state index contributed by atoms with van der Waals surface area (Å²) in [4.78, 5) is 12.5. The van der Waals surface area contributed by atoms with Crippen LogP contribution in [0.4, 0.5) is 14.5 Å². The van der Waals surface area contributed by atoms with Crippen molar-refractivity contribution in [2.24, 2.45) is 0 Å². The van der Waals surface area contributed by atoms with E-state index in [4.69, 9.17) is 5.11 Å². The van der Waals surface area contributed by atoms with Gasteiger partial charge in [-0.05, 0) is 32.4 Å². The van der Waals surface area contributed by atoms with Crippen molar-refractivity contribution in [2.75, 3.05) is 11.4 Å². The topological polar surface area (TPSA) is 40.5 Å². The number of halogens is 2. The van der Waals surface area contributed by atoms with Gasteiger partial charge in [0.15, 0.2) is 11.6 Å². The number of carboxylic acids is 1. The third-order valence-corrected chi connectivity index (χ3v) is 3.23. The highest BCUT2D eigenvalue weighted by atomic mass is 19.2. The summed E-state index contributed by atoms with van der Waals surface area (Å²) in [5.41, 5.74) is -0.512. The Labute approximate surface area is 118 Å². The van der Waals surface area contributed by atoms with Crippen molar-refractivity contribution >= 4 is 11.7 Å². The van der Waals surface area contributed by atoms with Gasteiger partial charge in [-0.3, -0.25) is 0 Å². The van der Waals surface area contributed by atoms with Crippen molar-refractivity contribution in [1.29, 1.82) is 0 Å². The summed E-state index contributed by atoms with van der Waals surface area (Å²) in [5, 5.41) is 8.78. The summed E-state index contributed by atoms with van der Waals surface area (Å²) in [6, 6.07) is 2.47. The lowest BCUT2D eigenvalue weighted by Gasteiger charge is -2.29. The van der Waals surface area contributed by atoms with E-state index >= 15 is 0 Å². The van der Waals surface area contributed by atoms with Gasteiger partial charge in [0.1, 0.15) is 0 Å². The Morgan fingerprint density at radius 3 is 2.40 bits per heavy atom. The van der Waals surface area contributed by atoms with Crippen LogP contribution in [0.5, 0.6) is 0 Å². The van der Waals surface area contributed by atoms with Crippen LogP contribution in [0, 0.1) is 11.6 Å². The van der Waals surface area contributed by atoms with Crippen LogP contribution in [0.15, 0.2) is 12.1 Å². The molecule has 0 radical (unpaired) electrons. The van der Waals surface area contributed by atoms with Crippen LogP contribution in [-0.2, 0) is 0 Å². The maximum Gasteiger partial charge on any atom is 0.338 e. The number of carboxylic acid groups (broad SMARTS) is 1. The van der Waals surface area contributed by atoms with Gasteiger partial charge in [0.05, 0.1) is 11.3 Å². The Bertz CT molecular complexity index is 475. The molecule has 0 saturated carbocycles. The molecule has 1 N–H and O–H groups in total. The number of anilines is 1. The molecule has 0 aliphatic heterocycles. The van der Waals surface area contributed by atoms with Crippen molar-refractivity contribution in [3.05, 3.63) is 29.3 Å². The van der Waals surface area contributed by atoms with Crippen LogP contribution in [0.1, 0.15) is 50.4 Å². The molecule has 112 valence electrons. The highest BCUT2D eigenvalue weighted by Crippen LogP contribution is 2.26. The second kappa shape index (κ2) is 7.22. The van der Waals surface area contributed by atoms with Crippen molar-refractivity contribution in [2.45, 2.75) is 46.1 Å². The lowest BCUT2D eigenvalue weighted by atomic mass is 10.1. The minimum atomic E-state index is -1.46. The summed E-state index contributed by atoms with van der Waals surface area (Å²) in [6.07, 6.45) is 2.94. The molecule has 0 saturated heterocycles. The second-order valence-electron chi connectivity index (χ2n) is 5.06. The molecule has 0 bridgehead atoms. The molecule has 0 atom stereocenters. The lowest BCUT2D eigenvalue weighted by molar-refractivity contribution is 0.0690. The van der Waals surface area contributed by atoms with Crippen molar-refractivity contribution in [3.8, 4) is 0 Å². The number of unbranched alkanes of at least 4 members (excludes halogenated alkanes) is 2. The minimum Gasteiger partial charge on any atom is -0.478 e. The SMILES string of the molecule is CCCCCN(c1ccc(C(=O)O)c(F)c1F)C(C)C. The molecule has 0 spiro atoms. The largest absolute Gasteiger partial charge is 0.478 e. The first-order valence-electron chi connectivity index (χ1n) is 6.88. The number of benzene rings is 1. The standard InChI is InChI=1S/C15H21F2NO2/c1-4-5-6-9-18(10(2)3)12-8-7-11(15(19)20)13(16)14(12)17/h7-8,10H,4-6,9H2,1-3H3,(H,19,20). The van der Waals surface area contributed by atoms with E-state index in [0.29, 0.717) is 6.54 Å². The average Bonchev–Trinajstić information content (AvgIpc) is 2.38. The summed E-state index contributed by atoms with van der Waals surface area (Å²) < 4.78 is 27.8. The number of hydrogen-bond donors (Lipinski definition) is 1. The van der Waals surface area contributed by atoms with Crippen molar-refractivity contribution in [1.82, 2.24) is 0 Å². The predicted molar refractivity (Wildman–Crippen MR) is 75.3 cm³/mol. The molecule has 0 fully saturated rings. The highest BCUT2D eigenvalue weighted by molar-refractivity contribution is 5.88. The average molecular weight is 285 g/mol. The Hall–Kier alpha value is -1.65. The fourth-order valence-corrected chi connectivity index (χ4v) is 2.12. The van der Waals surface area contributed by atoms with Gasteiger partial charge in [0, 0.05) is 12.6 Å². The molecular weight excluding hydrogens is 264 g/mol. The van der Waals surface area contributed by atoms with Crippen LogP contribution in [0.3, 0.4) is 0 Å². The fraction of sp³-hybridized carbons (Fsp3) is 0.533. The van der Waals surface area contributed by atoms with Gasteiger partial charge in [0.25, 0.3) is 0 Å². The molecule has 5 heteroatoms. The number of nitrogens with zero attached hydrogens (tertiary/aromatic N) is 1. The van der Waals surface area contributed by atoms with Gasteiger partial charge in [-0.1, -0.05) is 19.8 Å². The van der Waals surface area contributed by atoms with Crippen LogP contribution in [-0.4, -0.2) is 23.7 Å². The van der Waals surface area contributed by atoms with Crippen LogP contribution in [0.25, 0.3) is 0 Å². The van der Waals surface area contributed by atoms with Gasteiger partial charge < -0.3 is 10.0 Å². The molecule has 0 aliphatic carbocycles. The van der Waals surface area contributed by atoms with E-state index in [9.17, 15) is 13.6 Å². The van der Waals surface area contributed by atoms with Gasteiger partial charge in [-0.25, -0.2) is 13.6 Å². The zero-order chi connectivity index (χ0) is 15.3. The fourth-order valence-electron chi connectivity index (χ4n) is 2.12. The smallest absolute Gasteiger partial charge is 0.338 e. The first-order chi connectivity index (χ1) is 9.40. The quantitative estimate of drug-likeness (QED) is 0.768. The molecule has 3 nitrogen and oxygen atoms in total. The predicted octanol–water partition coefficient (Wildman–Crippen LogP) is 4.07.